The van der Waals surface area contributed by atoms with Crippen LogP contribution in [0.5, 0.6) is 0 Å². The molecule has 6 rings (SSSR count). The van der Waals surface area contributed by atoms with Gasteiger partial charge in [-0.3, -0.25) is 9.97 Å². The van der Waals surface area contributed by atoms with E-state index >= 15 is 0 Å². The van der Waals surface area contributed by atoms with Crippen molar-refractivity contribution in [3.63, 3.8) is 0 Å². The summed E-state index contributed by atoms with van der Waals surface area (Å²) in [5.74, 6) is 1.91. The quantitative estimate of drug-likeness (QED) is 0.182. The highest BCUT2D eigenvalue weighted by molar-refractivity contribution is 8.00. The molecule has 0 atom stereocenters. The first-order valence-corrected chi connectivity index (χ1v) is 14.9. The molecular formula is C32H24N2S3. The smallest absolute Gasteiger partial charge is 0.0724 e. The third-order valence-corrected chi connectivity index (χ3v) is 9.35. The Kier molecular flexibility index (Phi) is 7.45. The predicted octanol–water partition coefficient (Wildman–Crippen LogP) is 9.52. The van der Waals surface area contributed by atoms with E-state index in [1.165, 1.54) is 41.5 Å². The molecule has 0 amide bonds. The van der Waals surface area contributed by atoms with Crippen LogP contribution in [-0.4, -0.2) is 9.97 Å². The largest absolute Gasteiger partial charge is 0.256 e. The van der Waals surface area contributed by atoms with E-state index in [4.69, 9.17) is 0 Å². The van der Waals surface area contributed by atoms with Gasteiger partial charge in [0.05, 0.1) is 11.0 Å². The molecule has 0 unspecified atom stereocenters. The van der Waals surface area contributed by atoms with Crippen LogP contribution in [0.25, 0.3) is 21.8 Å². The van der Waals surface area contributed by atoms with Gasteiger partial charge in [0.1, 0.15) is 0 Å². The second-order valence-electron chi connectivity index (χ2n) is 8.63. The van der Waals surface area contributed by atoms with Crippen LogP contribution in [-0.2, 0) is 11.5 Å². The molecule has 180 valence electrons. The summed E-state index contributed by atoms with van der Waals surface area (Å²) in [6, 6.07) is 38.6. The van der Waals surface area contributed by atoms with E-state index in [-0.39, 0.29) is 0 Å². The number of hydrogen-bond acceptors (Lipinski definition) is 5. The van der Waals surface area contributed by atoms with Crippen molar-refractivity contribution in [2.24, 2.45) is 0 Å². The van der Waals surface area contributed by atoms with Crippen LogP contribution in [0.2, 0.25) is 0 Å². The molecule has 0 aliphatic heterocycles. The highest BCUT2D eigenvalue weighted by atomic mass is 32.2. The number of fused-ring (bicyclic) bond motifs is 2. The number of rotatable bonds is 8. The summed E-state index contributed by atoms with van der Waals surface area (Å²) in [6.07, 6.45) is 3.83. The number of aromatic nitrogens is 2. The number of nitrogens with zero attached hydrogens (tertiary/aromatic N) is 2. The van der Waals surface area contributed by atoms with Crippen molar-refractivity contribution in [3.05, 3.63) is 133 Å². The molecule has 4 aromatic carbocycles. The lowest BCUT2D eigenvalue weighted by molar-refractivity contribution is 1.30. The Bertz CT molecular complexity index is 1530. The molecular weight excluding hydrogens is 509 g/mol. The van der Waals surface area contributed by atoms with E-state index in [0.717, 1.165) is 22.5 Å². The monoisotopic (exact) mass is 532 g/mol. The molecule has 0 bridgehead atoms. The predicted molar refractivity (Wildman–Crippen MR) is 160 cm³/mol. The molecule has 2 nitrogen and oxygen atoms in total. The third kappa shape index (κ3) is 5.85. The molecule has 5 heteroatoms. The Balaban J connectivity index is 1.22. The van der Waals surface area contributed by atoms with E-state index < -0.39 is 0 Å². The van der Waals surface area contributed by atoms with Crippen molar-refractivity contribution < 1.29 is 0 Å². The molecule has 2 aromatic heterocycles. The van der Waals surface area contributed by atoms with Crippen LogP contribution in [0.1, 0.15) is 11.1 Å². The van der Waals surface area contributed by atoms with Gasteiger partial charge in [-0.2, -0.15) is 0 Å². The first-order chi connectivity index (χ1) is 18.3. The molecule has 0 N–H and O–H groups in total. The van der Waals surface area contributed by atoms with Crippen LogP contribution < -0.4 is 0 Å². The molecule has 37 heavy (non-hydrogen) atoms. The summed E-state index contributed by atoms with van der Waals surface area (Å²) in [4.78, 5) is 14.2. The van der Waals surface area contributed by atoms with Crippen LogP contribution in [0.3, 0.4) is 0 Å². The molecule has 0 aliphatic rings. The second-order valence-corrected chi connectivity index (χ2v) is 11.8. The highest BCUT2D eigenvalue weighted by Crippen LogP contribution is 2.38. The molecule has 0 saturated carbocycles. The average Bonchev–Trinajstić information content (AvgIpc) is 2.96. The van der Waals surface area contributed by atoms with E-state index in [1.54, 1.807) is 11.8 Å². The van der Waals surface area contributed by atoms with E-state index in [1.807, 2.05) is 35.9 Å². The van der Waals surface area contributed by atoms with E-state index in [9.17, 15) is 0 Å². The van der Waals surface area contributed by atoms with Crippen molar-refractivity contribution in [2.75, 3.05) is 0 Å². The lowest BCUT2D eigenvalue weighted by Gasteiger charge is -2.10. The molecule has 0 saturated heterocycles. The number of benzene rings is 4. The van der Waals surface area contributed by atoms with Gasteiger partial charge in [0.15, 0.2) is 0 Å². The van der Waals surface area contributed by atoms with Crippen molar-refractivity contribution in [2.45, 2.75) is 31.1 Å². The van der Waals surface area contributed by atoms with Gasteiger partial charge in [0.25, 0.3) is 0 Å². The minimum atomic E-state index is 0.954. The summed E-state index contributed by atoms with van der Waals surface area (Å²) in [5.41, 5.74) is 4.72. The fourth-order valence-corrected chi connectivity index (χ4v) is 6.99. The second kappa shape index (κ2) is 11.4. The first-order valence-electron chi connectivity index (χ1n) is 12.1. The van der Waals surface area contributed by atoms with Gasteiger partial charge in [0.2, 0.25) is 0 Å². The van der Waals surface area contributed by atoms with E-state index in [0.29, 0.717) is 0 Å². The normalized spacial score (nSPS) is 11.2. The maximum Gasteiger partial charge on any atom is 0.0724 e. The van der Waals surface area contributed by atoms with Gasteiger partial charge >= 0.3 is 0 Å². The number of thioether (sulfide) groups is 2. The minimum absolute atomic E-state index is 0.954. The molecule has 6 aromatic rings. The third-order valence-electron chi connectivity index (χ3n) is 6.06. The zero-order valence-electron chi connectivity index (χ0n) is 20.1. The van der Waals surface area contributed by atoms with Crippen molar-refractivity contribution in [1.29, 1.82) is 0 Å². The topological polar surface area (TPSA) is 25.8 Å². The summed E-state index contributed by atoms with van der Waals surface area (Å²) in [7, 11) is 0. The molecule has 0 radical (unpaired) electrons. The van der Waals surface area contributed by atoms with Gasteiger partial charge in [-0.1, -0.05) is 84.6 Å². The fourth-order valence-electron chi connectivity index (χ4n) is 4.16. The van der Waals surface area contributed by atoms with Crippen molar-refractivity contribution in [1.82, 2.24) is 9.97 Å². The lowest BCUT2D eigenvalue weighted by atomic mass is 10.2. The lowest BCUT2D eigenvalue weighted by Crippen LogP contribution is -1.87. The Morgan fingerprint density at radius 3 is 1.41 bits per heavy atom. The summed E-state index contributed by atoms with van der Waals surface area (Å²) in [6.45, 7) is 0. The molecule has 0 aliphatic carbocycles. The standard InChI is InChI=1S/C32H24N2S3/c1-3-7-23(8-4-1)21-35-25-11-13-27-29(19-25)33-17-15-31(27)37-32-16-18-34-30-20-26(12-14-28(30)32)36-22-24-9-5-2-6-10-24/h1-20H,21-22H2. The number of hydrogen-bond donors (Lipinski definition) is 0. The van der Waals surface area contributed by atoms with Crippen LogP contribution in [0, 0.1) is 0 Å². The SMILES string of the molecule is c1ccc(CSc2ccc3c(Sc4ccnc5cc(SCc6ccccc6)ccc45)ccnc3c2)cc1. The minimum Gasteiger partial charge on any atom is -0.256 e. The highest BCUT2D eigenvalue weighted by Gasteiger charge is 2.10. The summed E-state index contributed by atoms with van der Waals surface area (Å²) in [5, 5.41) is 2.35. The zero-order chi connectivity index (χ0) is 24.9. The average molecular weight is 533 g/mol. The Morgan fingerprint density at radius 2 is 0.946 bits per heavy atom. The van der Waals surface area contributed by atoms with Crippen molar-refractivity contribution >= 4 is 57.1 Å². The van der Waals surface area contributed by atoms with Crippen molar-refractivity contribution in [3.8, 4) is 0 Å². The molecule has 0 spiro atoms. The van der Waals surface area contributed by atoms with E-state index in [2.05, 4.69) is 119 Å². The summed E-state index contributed by atoms with van der Waals surface area (Å²) >= 11 is 5.48. The fraction of sp³-hybridized carbons (Fsp3) is 0.0625. The number of pyridine rings is 2. The molecule has 2 heterocycles. The van der Waals surface area contributed by atoms with Crippen LogP contribution in [0.4, 0.5) is 0 Å². The summed E-state index contributed by atoms with van der Waals surface area (Å²) < 4.78 is 0. The zero-order valence-corrected chi connectivity index (χ0v) is 22.5. The Labute approximate surface area is 230 Å². The van der Waals surface area contributed by atoms with Gasteiger partial charge in [-0.15, -0.1) is 23.5 Å². The Hall–Kier alpha value is -3.25. The van der Waals surface area contributed by atoms with Gasteiger partial charge in [-0.05, 0) is 47.5 Å². The molecule has 0 fully saturated rings. The van der Waals surface area contributed by atoms with Gasteiger partial charge < -0.3 is 0 Å². The maximum atomic E-state index is 4.68. The maximum absolute atomic E-state index is 4.68. The van der Waals surface area contributed by atoms with Crippen LogP contribution in [0.15, 0.2) is 141 Å². The Morgan fingerprint density at radius 1 is 0.486 bits per heavy atom. The first kappa shape index (κ1) is 24.1. The van der Waals surface area contributed by atoms with Gasteiger partial charge in [0, 0.05) is 54.3 Å². The van der Waals surface area contributed by atoms with Gasteiger partial charge in [-0.25, -0.2) is 0 Å². The van der Waals surface area contributed by atoms with Crippen LogP contribution >= 0.6 is 35.3 Å².